The lowest BCUT2D eigenvalue weighted by Gasteiger charge is -2.08. The van der Waals surface area contributed by atoms with Gasteiger partial charge in [0.15, 0.2) is 5.16 Å². The molecule has 3 aromatic rings. The highest BCUT2D eigenvalue weighted by atomic mass is 32.2. The smallest absolute Gasteiger partial charge is 0.316 e. The van der Waals surface area contributed by atoms with Crippen molar-refractivity contribution in [1.82, 2.24) is 9.55 Å². The standard InChI is InChI=1S/C18H18N2O3S2/c1-10-5-6-12(7-11(10)2)13-8-24-16-15(13)17(22)20(3)18(19-16)25-9-14(21)23-4/h5-8H,9H2,1-4H3. The van der Waals surface area contributed by atoms with E-state index in [4.69, 9.17) is 0 Å². The Bertz CT molecular complexity index is 1020. The molecular formula is C18H18N2O3S2. The van der Waals surface area contributed by atoms with Crippen LogP contribution in [0.1, 0.15) is 11.1 Å². The number of aryl methyl sites for hydroxylation is 2. The fourth-order valence-corrected chi connectivity index (χ4v) is 4.28. The predicted octanol–water partition coefficient (Wildman–Crippen LogP) is 3.54. The van der Waals surface area contributed by atoms with Crippen LogP contribution in [0.5, 0.6) is 0 Å². The number of hydrogen-bond donors (Lipinski definition) is 0. The predicted molar refractivity (Wildman–Crippen MR) is 103 cm³/mol. The Morgan fingerprint density at radius 1 is 1.32 bits per heavy atom. The number of hydrogen-bond acceptors (Lipinski definition) is 6. The van der Waals surface area contributed by atoms with E-state index in [9.17, 15) is 9.59 Å². The molecule has 0 radical (unpaired) electrons. The molecule has 0 saturated heterocycles. The molecule has 3 rings (SSSR count). The number of benzene rings is 1. The molecule has 2 aromatic heterocycles. The molecule has 0 aliphatic rings. The van der Waals surface area contributed by atoms with E-state index in [0.29, 0.717) is 15.4 Å². The molecule has 7 heteroatoms. The molecule has 0 saturated carbocycles. The number of rotatable bonds is 4. The number of aromatic nitrogens is 2. The summed E-state index contributed by atoms with van der Waals surface area (Å²) >= 11 is 2.64. The monoisotopic (exact) mass is 374 g/mol. The van der Waals surface area contributed by atoms with Gasteiger partial charge >= 0.3 is 5.97 Å². The summed E-state index contributed by atoms with van der Waals surface area (Å²) in [6.45, 7) is 4.13. The van der Waals surface area contributed by atoms with Gasteiger partial charge in [-0.25, -0.2) is 4.98 Å². The number of carbonyl (C=O) groups excluding carboxylic acids is 1. The minimum Gasteiger partial charge on any atom is -0.468 e. The van der Waals surface area contributed by atoms with Crippen LogP contribution in [0.2, 0.25) is 0 Å². The van der Waals surface area contributed by atoms with Crippen molar-refractivity contribution in [2.24, 2.45) is 7.05 Å². The lowest BCUT2D eigenvalue weighted by Crippen LogP contribution is -2.20. The first kappa shape index (κ1) is 17.7. The minimum absolute atomic E-state index is 0.105. The lowest BCUT2D eigenvalue weighted by atomic mass is 10.0. The number of ether oxygens (including phenoxy) is 1. The molecule has 0 atom stereocenters. The molecule has 25 heavy (non-hydrogen) atoms. The van der Waals surface area contributed by atoms with Crippen molar-refractivity contribution in [3.05, 3.63) is 45.1 Å². The van der Waals surface area contributed by atoms with E-state index < -0.39 is 0 Å². The fourth-order valence-electron chi connectivity index (χ4n) is 2.49. The summed E-state index contributed by atoms with van der Waals surface area (Å²) in [5, 5.41) is 3.10. The Labute approximate surface area is 153 Å². The summed E-state index contributed by atoms with van der Waals surface area (Å²) in [6, 6.07) is 6.19. The SMILES string of the molecule is COC(=O)CSc1nc2scc(-c3ccc(C)c(C)c3)c2c(=O)n1C. The largest absolute Gasteiger partial charge is 0.468 e. The number of carbonyl (C=O) groups is 1. The summed E-state index contributed by atoms with van der Waals surface area (Å²) in [5.41, 5.74) is 4.22. The number of methoxy groups -OCH3 is 1. The summed E-state index contributed by atoms with van der Waals surface area (Å²) in [7, 11) is 3.02. The van der Waals surface area contributed by atoms with Crippen molar-refractivity contribution in [2.75, 3.05) is 12.9 Å². The Kier molecular flexibility index (Phi) is 4.96. The van der Waals surface area contributed by atoms with E-state index in [0.717, 1.165) is 11.1 Å². The highest BCUT2D eigenvalue weighted by molar-refractivity contribution is 7.99. The molecule has 0 amide bonds. The van der Waals surface area contributed by atoms with Crippen LogP contribution in [0.4, 0.5) is 0 Å². The van der Waals surface area contributed by atoms with E-state index in [1.54, 1.807) is 7.05 Å². The first-order valence-electron chi connectivity index (χ1n) is 7.68. The van der Waals surface area contributed by atoms with Crippen molar-refractivity contribution < 1.29 is 9.53 Å². The van der Waals surface area contributed by atoms with Gasteiger partial charge in [-0.2, -0.15) is 0 Å². The number of fused-ring (bicyclic) bond motifs is 1. The third-order valence-corrected chi connectivity index (χ3v) is 6.01. The van der Waals surface area contributed by atoms with Crippen LogP contribution in [0.25, 0.3) is 21.3 Å². The second-order valence-corrected chi connectivity index (χ2v) is 7.55. The van der Waals surface area contributed by atoms with Crippen LogP contribution in [-0.4, -0.2) is 28.4 Å². The first-order valence-corrected chi connectivity index (χ1v) is 9.54. The summed E-state index contributed by atoms with van der Waals surface area (Å²) in [5.74, 6) is -0.223. The van der Waals surface area contributed by atoms with Gasteiger partial charge in [-0.05, 0) is 30.5 Å². The maximum atomic E-state index is 12.9. The van der Waals surface area contributed by atoms with Crippen LogP contribution in [-0.2, 0) is 16.6 Å². The maximum absolute atomic E-state index is 12.9. The third-order valence-electron chi connectivity index (χ3n) is 4.14. The highest BCUT2D eigenvalue weighted by Crippen LogP contribution is 2.32. The van der Waals surface area contributed by atoms with Crippen LogP contribution >= 0.6 is 23.1 Å². The molecule has 0 N–H and O–H groups in total. The molecule has 0 aliphatic carbocycles. The van der Waals surface area contributed by atoms with Gasteiger partial charge < -0.3 is 4.74 Å². The summed E-state index contributed by atoms with van der Waals surface area (Å²) in [4.78, 5) is 29.5. The van der Waals surface area contributed by atoms with Crippen LogP contribution in [0.15, 0.2) is 33.5 Å². The number of thiophene rings is 1. The van der Waals surface area contributed by atoms with Gasteiger partial charge in [0.05, 0.1) is 18.2 Å². The fraction of sp³-hybridized carbons (Fsp3) is 0.278. The van der Waals surface area contributed by atoms with Gasteiger partial charge in [-0.3, -0.25) is 14.2 Å². The zero-order chi connectivity index (χ0) is 18.1. The molecular weight excluding hydrogens is 356 g/mol. The molecule has 0 aliphatic heterocycles. The molecule has 0 fully saturated rings. The number of nitrogens with zero attached hydrogens (tertiary/aromatic N) is 2. The average molecular weight is 374 g/mol. The van der Waals surface area contributed by atoms with Gasteiger partial charge in [0.25, 0.3) is 5.56 Å². The van der Waals surface area contributed by atoms with Crippen molar-refractivity contribution in [3.63, 3.8) is 0 Å². The Morgan fingerprint density at radius 2 is 2.08 bits per heavy atom. The molecule has 0 unspecified atom stereocenters. The second-order valence-electron chi connectivity index (χ2n) is 5.75. The van der Waals surface area contributed by atoms with E-state index in [2.05, 4.69) is 35.7 Å². The molecule has 0 bridgehead atoms. The van der Waals surface area contributed by atoms with E-state index in [1.165, 1.54) is 45.9 Å². The molecule has 5 nitrogen and oxygen atoms in total. The van der Waals surface area contributed by atoms with Crippen LogP contribution in [0.3, 0.4) is 0 Å². The zero-order valence-electron chi connectivity index (χ0n) is 14.5. The lowest BCUT2D eigenvalue weighted by molar-refractivity contribution is -0.137. The zero-order valence-corrected chi connectivity index (χ0v) is 16.1. The Morgan fingerprint density at radius 3 is 2.76 bits per heavy atom. The first-order chi connectivity index (χ1) is 11.9. The van der Waals surface area contributed by atoms with Crippen molar-refractivity contribution in [2.45, 2.75) is 19.0 Å². The third kappa shape index (κ3) is 3.34. The summed E-state index contributed by atoms with van der Waals surface area (Å²) in [6.07, 6.45) is 0. The van der Waals surface area contributed by atoms with Gasteiger partial charge in [-0.15, -0.1) is 11.3 Å². The highest BCUT2D eigenvalue weighted by Gasteiger charge is 2.16. The molecule has 0 spiro atoms. The normalized spacial score (nSPS) is 11.0. The molecule has 2 heterocycles. The Hall–Kier alpha value is -2.12. The van der Waals surface area contributed by atoms with E-state index >= 15 is 0 Å². The van der Waals surface area contributed by atoms with Gasteiger partial charge in [0.1, 0.15) is 4.83 Å². The quantitative estimate of drug-likeness (QED) is 0.397. The van der Waals surface area contributed by atoms with E-state index in [1.807, 2.05) is 11.4 Å². The average Bonchev–Trinajstić information content (AvgIpc) is 3.02. The molecule has 1 aromatic carbocycles. The maximum Gasteiger partial charge on any atom is 0.316 e. The van der Waals surface area contributed by atoms with Crippen molar-refractivity contribution in [3.8, 4) is 11.1 Å². The molecule has 130 valence electrons. The van der Waals surface area contributed by atoms with Crippen molar-refractivity contribution >= 4 is 39.3 Å². The van der Waals surface area contributed by atoms with Gasteiger partial charge in [0, 0.05) is 18.0 Å². The summed E-state index contributed by atoms with van der Waals surface area (Å²) < 4.78 is 6.13. The topological polar surface area (TPSA) is 61.2 Å². The number of esters is 1. The second kappa shape index (κ2) is 7.01. The van der Waals surface area contributed by atoms with Crippen molar-refractivity contribution in [1.29, 1.82) is 0 Å². The van der Waals surface area contributed by atoms with Gasteiger partial charge in [0.2, 0.25) is 0 Å². The van der Waals surface area contributed by atoms with Gasteiger partial charge in [-0.1, -0.05) is 30.0 Å². The number of thioether (sulfide) groups is 1. The van der Waals surface area contributed by atoms with Crippen LogP contribution in [0, 0.1) is 13.8 Å². The Balaban J connectivity index is 2.09. The van der Waals surface area contributed by atoms with E-state index in [-0.39, 0.29) is 17.3 Å². The minimum atomic E-state index is -0.346. The van der Waals surface area contributed by atoms with Crippen LogP contribution < -0.4 is 5.56 Å².